The van der Waals surface area contributed by atoms with Crippen LogP contribution in [0.5, 0.6) is 0 Å². The maximum Gasteiger partial charge on any atom is 0.344 e. The molecule has 0 aromatic carbocycles. The van der Waals surface area contributed by atoms with Crippen molar-refractivity contribution in [2.24, 2.45) is 0 Å². The summed E-state index contributed by atoms with van der Waals surface area (Å²) in [6.45, 7) is 0.809. The molecular weight excluding hydrogens is 168 g/mol. The summed E-state index contributed by atoms with van der Waals surface area (Å²) in [6, 6.07) is 0. The van der Waals surface area contributed by atoms with Crippen LogP contribution in [0.2, 0.25) is 0 Å². The van der Waals surface area contributed by atoms with Crippen LogP contribution in [0.3, 0.4) is 0 Å². The van der Waals surface area contributed by atoms with Crippen molar-refractivity contribution >= 4 is 0 Å². The normalized spacial score (nSPS) is 22.9. The molecule has 13 heavy (non-hydrogen) atoms. The van der Waals surface area contributed by atoms with Gasteiger partial charge in [-0.15, -0.1) is 0 Å². The average Bonchev–Trinajstić information content (AvgIpc) is 2.20. The molecule has 1 saturated heterocycles. The van der Waals surface area contributed by atoms with Gasteiger partial charge in [-0.05, 0) is 19.3 Å². The molecule has 2 rings (SSSR count). The lowest BCUT2D eigenvalue weighted by atomic mass is 10.0. The summed E-state index contributed by atoms with van der Waals surface area (Å²) in [5.74, 6) is 0. The standard InChI is InChI=1S/C9H12N2O2/c12-9-10-5-7(6-11-9)8-3-1-2-4-13-8/h5-6,8H,1-4H2,(H,10,11,12). The van der Waals surface area contributed by atoms with Crippen LogP contribution in [0.15, 0.2) is 17.2 Å². The van der Waals surface area contributed by atoms with Crippen LogP contribution in [-0.4, -0.2) is 16.6 Å². The Balaban J connectivity index is 2.14. The lowest BCUT2D eigenvalue weighted by Crippen LogP contribution is -2.15. The predicted octanol–water partition coefficient (Wildman–Crippen LogP) is 1.01. The first kappa shape index (κ1) is 8.44. The Morgan fingerprint density at radius 3 is 3.08 bits per heavy atom. The highest BCUT2D eigenvalue weighted by molar-refractivity contribution is 5.07. The molecular formula is C9H12N2O2. The first-order valence-corrected chi connectivity index (χ1v) is 4.52. The Morgan fingerprint density at radius 1 is 1.54 bits per heavy atom. The number of hydrogen-bond acceptors (Lipinski definition) is 3. The molecule has 1 aliphatic rings. The molecule has 0 spiro atoms. The molecule has 0 amide bonds. The summed E-state index contributed by atoms with van der Waals surface area (Å²) in [5, 5.41) is 0. The molecule has 1 aliphatic heterocycles. The monoisotopic (exact) mass is 180 g/mol. The van der Waals surface area contributed by atoms with Crippen LogP contribution in [0, 0.1) is 0 Å². The van der Waals surface area contributed by atoms with E-state index in [0.717, 1.165) is 25.0 Å². The molecule has 1 atom stereocenters. The van der Waals surface area contributed by atoms with Crippen LogP contribution in [0.25, 0.3) is 0 Å². The van der Waals surface area contributed by atoms with E-state index < -0.39 is 0 Å². The van der Waals surface area contributed by atoms with Gasteiger partial charge in [0.05, 0.1) is 6.10 Å². The van der Waals surface area contributed by atoms with Crippen molar-refractivity contribution in [3.05, 3.63) is 28.4 Å². The molecule has 1 fully saturated rings. The van der Waals surface area contributed by atoms with Crippen molar-refractivity contribution in [1.82, 2.24) is 9.97 Å². The van der Waals surface area contributed by atoms with Crippen molar-refractivity contribution < 1.29 is 4.74 Å². The molecule has 1 unspecified atom stereocenters. The SMILES string of the molecule is O=c1ncc(C2CCCCO2)c[nH]1. The first-order chi connectivity index (χ1) is 6.36. The number of aromatic amines is 1. The minimum atomic E-state index is -0.306. The van der Waals surface area contributed by atoms with Gasteiger partial charge < -0.3 is 9.72 Å². The van der Waals surface area contributed by atoms with Crippen molar-refractivity contribution in [1.29, 1.82) is 0 Å². The topological polar surface area (TPSA) is 55.0 Å². The van der Waals surface area contributed by atoms with Crippen LogP contribution in [-0.2, 0) is 4.74 Å². The molecule has 1 aromatic rings. The van der Waals surface area contributed by atoms with Gasteiger partial charge >= 0.3 is 5.69 Å². The van der Waals surface area contributed by atoms with Gasteiger partial charge in [-0.2, -0.15) is 0 Å². The number of nitrogens with zero attached hydrogens (tertiary/aromatic N) is 1. The minimum absolute atomic E-state index is 0.123. The van der Waals surface area contributed by atoms with E-state index in [9.17, 15) is 4.79 Å². The summed E-state index contributed by atoms with van der Waals surface area (Å²) < 4.78 is 5.54. The second kappa shape index (κ2) is 3.70. The third-order valence-corrected chi connectivity index (χ3v) is 2.24. The maximum absolute atomic E-state index is 10.7. The number of nitrogens with one attached hydrogen (secondary N) is 1. The fourth-order valence-corrected chi connectivity index (χ4v) is 1.53. The molecule has 0 aliphatic carbocycles. The number of hydrogen-bond donors (Lipinski definition) is 1. The van der Waals surface area contributed by atoms with Crippen molar-refractivity contribution in [3.63, 3.8) is 0 Å². The molecule has 70 valence electrons. The Labute approximate surface area is 76.0 Å². The number of aromatic nitrogens is 2. The van der Waals surface area contributed by atoms with Gasteiger partial charge in [0.25, 0.3) is 0 Å². The van der Waals surface area contributed by atoms with Crippen molar-refractivity contribution in [2.45, 2.75) is 25.4 Å². The quantitative estimate of drug-likeness (QED) is 0.701. The van der Waals surface area contributed by atoms with Crippen LogP contribution >= 0.6 is 0 Å². The number of H-pyrrole nitrogens is 1. The summed E-state index contributed by atoms with van der Waals surface area (Å²) >= 11 is 0. The number of ether oxygens (including phenoxy) is 1. The minimum Gasteiger partial charge on any atom is -0.373 e. The summed E-state index contributed by atoms with van der Waals surface area (Å²) in [7, 11) is 0. The Hall–Kier alpha value is -1.16. The second-order valence-electron chi connectivity index (χ2n) is 3.21. The van der Waals surface area contributed by atoms with Crippen LogP contribution in [0.4, 0.5) is 0 Å². The van der Waals surface area contributed by atoms with E-state index in [2.05, 4.69) is 9.97 Å². The van der Waals surface area contributed by atoms with E-state index in [1.807, 2.05) is 0 Å². The van der Waals surface area contributed by atoms with E-state index in [-0.39, 0.29) is 11.8 Å². The maximum atomic E-state index is 10.7. The van der Waals surface area contributed by atoms with E-state index in [1.54, 1.807) is 12.4 Å². The van der Waals surface area contributed by atoms with Gasteiger partial charge in [-0.1, -0.05) is 0 Å². The van der Waals surface area contributed by atoms with Gasteiger partial charge in [0.2, 0.25) is 0 Å². The van der Waals surface area contributed by atoms with E-state index in [4.69, 9.17) is 4.74 Å². The third-order valence-electron chi connectivity index (χ3n) is 2.24. The van der Waals surface area contributed by atoms with E-state index in [1.165, 1.54) is 6.42 Å². The molecule has 2 heterocycles. The zero-order valence-electron chi connectivity index (χ0n) is 7.32. The highest BCUT2D eigenvalue weighted by atomic mass is 16.5. The molecule has 1 aromatic heterocycles. The van der Waals surface area contributed by atoms with Gasteiger partial charge in [0.15, 0.2) is 0 Å². The zero-order chi connectivity index (χ0) is 9.10. The molecule has 0 radical (unpaired) electrons. The fraction of sp³-hybridized carbons (Fsp3) is 0.556. The lowest BCUT2D eigenvalue weighted by Gasteiger charge is -2.21. The molecule has 0 saturated carbocycles. The summed E-state index contributed by atoms with van der Waals surface area (Å²) in [6.07, 6.45) is 6.74. The molecule has 0 bridgehead atoms. The van der Waals surface area contributed by atoms with Crippen LogP contribution in [0.1, 0.15) is 30.9 Å². The fourth-order valence-electron chi connectivity index (χ4n) is 1.53. The Bertz CT molecular complexity index is 308. The Morgan fingerprint density at radius 2 is 2.46 bits per heavy atom. The van der Waals surface area contributed by atoms with Crippen LogP contribution < -0.4 is 5.69 Å². The predicted molar refractivity (Wildman–Crippen MR) is 47.4 cm³/mol. The average molecular weight is 180 g/mol. The highest BCUT2D eigenvalue weighted by Gasteiger charge is 2.15. The smallest absolute Gasteiger partial charge is 0.344 e. The highest BCUT2D eigenvalue weighted by Crippen LogP contribution is 2.25. The van der Waals surface area contributed by atoms with Gasteiger partial charge in [0.1, 0.15) is 0 Å². The molecule has 4 heteroatoms. The zero-order valence-corrected chi connectivity index (χ0v) is 7.32. The molecule has 4 nitrogen and oxygen atoms in total. The summed E-state index contributed by atoms with van der Waals surface area (Å²) in [5.41, 5.74) is 0.666. The number of rotatable bonds is 1. The van der Waals surface area contributed by atoms with E-state index >= 15 is 0 Å². The Kier molecular flexibility index (Phi) is 2.40. The van der Waals surface area contributed by atoms with Gasteiger partial charge in [-0.25, -0.2) is 9.78 Å². The second-order valence-corrected chi connectivity index (χ2v) is 3.21. The van der Waals surface area contributed by atoms with E-state index in [0.29, 0.717) is 0 Å². The lowest BCUT2D eigenvalue weighted by molar-refractivity contribution is 0.0145. The third kappa shape index (κ3) is 1.95. The van der Waals surface area contributed by atoms with Crippen molar-refractivity contribution in [3.8, 4) is 0 Å². The molecule has 1 N–H and O–H groups in total. The van der Waals surface area contributed by atoms with Gasteiger partial charge in [0, 0.05) is 24.6 Å². The van der Waals surface area contributed by atoms with Crippen molar-refractivity contribution in [2.75, 3.05) is 6.61 Å². The van der Waals surface area contributed by atoms with Gasteiger partial charge in [-0.3, -0.25) is 0 Å². The summed E-state index contributed by atoms with van der Waals surface area (Å²) in [4.78, 5) is 16.9. The largest absolute Gasteiger partial charge is 0.373 e. The first-order valence-electron chi connectivity index (χ1n) is 4.52.